The van der Waals surface area contributed by atoms with Gasteiger partial charge in [-0.25, -0.2) is 8.42 Å². The molecule has 1 aliphatic heterocycles. The average molecular weight is 265 g/mol. The van der Waals surface area contributed by atoms with Gasteiger partial charge in [0.05, 0.1) is 9.77 Å². The Morgan fingerprint density at radius 1 is 1.50 bits per heavy atom. The molecule has 2 nitrogen and oxygen atoms in total. The molecule has 2 rings (SSSR count). The summed E-state index contributed by atoms with van der Waals surface area (Å²) in [5.74, 6) is 0. The van der Waals surface area contributed by atoms with Crippen LogP contribution in [0.15, 0.2) is 20.2 Å². The normalized spacial score (nSPS) is 19.8. The second-order valence-electron chi connectivity index (χ2n) is 2.52. The molecule has 0 N–H and O–H groups in total. The van der Waals surface area contributed by atoms with E-state index in [4.69, 9.17) is 0 Å². The highest BCUT2D eigenvalue weighted by Gasteiger charge is 2.32. The Morgan fingerprint density at radius 3 is 2.75 bits per heavy atom. The number of thiophene rings is 1. The van der Waals surface area contributed by atoms with Crippen LogP contribution in [-0.4, -0.2) is 8.42 Å². The van der Waals surface area contributed by atoms with Crippen LogP contribution in [-0.2, 0) is 9.84 Å². The van der Waals surface area contributed by atoms with E-state index < -0.39 is 9.84 Å². The van der Waals surface area contributed by atoms with E-state index in [1.807, 2.05) is 6.92 Å². The van der Waals surface area contributed by atoms with Gasteiger partial charge in [-0.3, -0.25) is 0 Å². The van der Waals surface area contributed by atoms with Gasteiger partial charge >= 0.3 is 0 Å². The largest absolute Gasteiger partial charge is 0.218 e. The van der Waals surface area contributed by atoms with Crippen molar-refractivity contribution < 1.29 is 8.42 Å². The van der Waals surface area contributed by atoms with Crippen molar-refractivity contribution in [2.45, 2.75) is 11.8 Å². The molecule has 0 saturated heterocycles. The molecule has 0 aliphatic carbocycles. The third-order valence-corrected chi connectivity index (χ3v) is 6.52. The summed E-state index contributed by atoms with van der Waals surface area (Å²) in [6, 6.07) is 1.65. The van der Waals surface area contributed by atoms with Crippen molar-refractivity contribution in [1.82, 2.24) is 0 Å². The standard InChI is InChI=1S/C7H5BrO2S2/c1-4-6-5(2-3-11-6)12(9,10)7(4)8/h2-3H,1H3. The van der Waals surface area contributed by atoms with Crippen LogP contribution in [0, 0.1) is 0 Å². The molecule has 0 bridgehead atoms. The van der Waals surface area contributed by atoms with Crippen LogP contribution in [0.25, 0.3) is 5.57 Å². The van der Waals surface area contributed by atoms with Crippen LogP contribution in [0.4, 0.5) is 0 Å². The lowest BCUT2D eigenvalue weighted by atomic mass is 10.3. The van der Waals surface area contributed by atoms with Crippen molar-refractivity contribution in [3.05, 3.63) is 20.1 Å². The van der Waals surface area contributed by atoms with E-state index >= 15 is 0 Å². The van der Waals surface area contributed by atoms with Gasteiger partial charge in [0.2, 0.25) is 9.84 Å². The number of allylic oxidation sites excluding steroid dienone is 1. The monoisotopic (exact) mass is 264 g/mol. The third-order valence-electron chi connectivity index (χ3n) is 1.79. The lowest BCUT2D eigenvalue weighted by Crippen LogP contribution is -1.93. The van der Waals surface area contributed by atoms with E-state index in [1.165, 1.54) is 11.3 Å². The minimum atomic E-state index is -3.18. The molecule has 0 aromatic carbocycles. The molecule has 0 fully saturated rings. The fourth-order valence-electron chi connectivity index (χ4n) is 1.17. The molecule has 1 aliphatic rings. The van der Waals surface area contributed by atoms with Crippen LogP contribution in [0.1, 0.15) is 11.8 Å². The van der Waals surface area contributed by atoms with E-state index in [0.29, 0.717) is 8.71 Å². The Bertz CT molecular complexity index is 467. The van der Waals surface area contributed by atoms with Crippen LogP contribution >= 0.6 is 27.3 Å². The van der Waals surface area contributed by atoms with E-state index in [2.05, 4.69) is 15.9 Å². The first-order chi connectivity index (χ1) is 5.55. The van der Waals surface area contributed by atoms with Gasteiger partial charge < -0.3 is 0 Å². The zero-order valence-electron chi connectivity index (χ0n) is 6.17. The molecule has 5 heteroatoms. The van der Waals surface area contributed by atoms with E-state index in [-0.39, 0.29) is 0 Å². The number of sulfone groups is 1. The number of halogens is 1. The Balaban J connectivity index is 2.91. The molecule has 0 spiro atoms. The van der Waals surface area contributed by atoms with Gasteiger partial charge in [0, 0.05) is 0 Å². The molecule has 0 unspecified atom stereocenters. The number of hydrogen-bond acceptors (Lipinski definition) is 3. The minimum Gasteiger partial charge on any atom is -0.218 e. The highest BCUT2D eigenvalue weighted by Crippen LogP contribution is 2.44. The fraction of sp³-hybridized carbons (Fsp3) is 0.143. The Kier molecular flexibility index (Phi) is 1.72. The molecular weight excluding hydrogens is 260 g/mol. The highest BCUT2D eigenvalue weighted by atomic mass is 79.9. The number of rotatable bonds is 0. The maximum absolute atomic E-state index is 11.6. The van der Waals surface area contributed by atoms with Crippen LogP contribution < -0.4 is 0 Å². The van der Waals surface area contributed by atoms with E-state index in [1.54, 1.807) is 11.4 Å². The maximum atomic E-state index is 11.6. The molecular formula is C7H5BrO2S2. The van der Waals surface area contributed by atoms with E-state index in [0.717, 1.165) is 10.5 Å². The van der Waals surface area contributed by atoms with Gasteiger partial charge in [-0.2, -0.15) is 0 Å². The van der Waals surface area contributed by atoms with Crippen molar-refractivity contribution >= 4 is 42.7 Å². The summed E-state index contributed by atoms with van der Waals surface area (Å²) in [7, 11) is -3.18. The summed E-state index contributed by atoms with van der Waals surface area (Å²) in [6.07, 6.45) is 0. The minimum absolute atomic E-state index is 0.317. The quantitative estimate of drug-likeness (QED) is 0.722. The fourth-order valence-corrected chi connectivity index (χ4v) is 4.79. The Hall–Kier alpha value is -0.130. The first-order valence-corrected chi connectivity index (χ1v) is 6.40. The van der Waals surface area contributed by atoms with Gasteiger partial charge in [0.15, 0.2) is 0 Å². The molecule has 64 valence electrons. The van der Waals surface area contributed by atoms with Crippen LogP contribution in [0.5, 0.6) is 0 Å². The van der Waals surface area contributed by atoms with Crippen molar-refractivity contribution in [2.24, 2.45) is 0 Å². The number of hydrogen-bond donors (Lipinski definition) is 0. The summed E-state index contributed by atoms with van der Waals surface area (Å²) in [4.78, 5) is 1.30. The smallest absolute Gasteiger partial charge is 0.214 e. The molecule has 0 amide bonds. The lowest BCUT2D eigenvalue weighted by Gasteiger charge is -1.91. The van der Waals surface area contributed by atoms with Crippen LogP contribution in [0.3, 0.4) is 0 Å². The lowest BCUT2D eigenvalue weighted by molar-refractivity contribution is 0.605. The summed E-state index contributed by atoms with van der Waals surface area (Å²) in [5.41, 5.74) is 0.819. The van der Waals surface area contributed by atoms with Crippen LogP contribution in [0.2, 0.25) is 0 Å². The second kappa shape index (κ2) is 2.43. The summed E-state index contributed by atoms with van der Waals surface area (Å²) < 4.78 is 23.4. The summed E-state index contributed by atoms with van der Waals surface area (Å²) in [5, 5.41) is 1.80. The van der Waals surface area contributed by atoms with Gasteiger partial charge in [0.1, 0.15) is 3.81 Å². The average Bonchev–Trinajstić information content (AvgIpc) is 2.54. The van der Waals surface area contributed by atoms with Crippen molar-refractivity contribution in [3.63, 3.8) is 0 Å². The van der Waals surface area contributed by atoms with E-state index in [9.17, 15) is 8.42 Å². The van der Waals surface area contributed by atoms with Crippen molar-refractivity contribution in [3.8, 4) is 0 Å². The first kappa shape index (κ1) is 8.47. The zero-order valence-corrected chi connectivity index (χ0v) is 9.38. The van der Waals surface area contributed by atoms with Gasteiger partial charge in [-0.15, -0.1) is 11.3 Å². The molecule has 2 heterocycles. The predicted octanol–water partition coefficient (Wildman–Crippen LogP) is 2.62. The Morgan fingerprint density at radius 2 is 2.17 bits per heavy atom. The topological polar surface area (TPSA) is 34.1 Å². The molecule has 0 saturated carbocycles. The highest BCUT2D eigenvalue weighted by molar-refractivity contribution is 9.13. The molecule has 12 heavy (non-hydrogen) atoms. The SMILES string of the molecule is CC1=C(Br)S(=O)(=O)c2ccsc21. The third kappa shape index (κ3) is 0.870. The van der Waals surface area contributed by atoms with Crippen molar-refractivity contribution in [2.75, 3.05) is 0 Å². The summed E-state index contributed by atoms with van der Waals surface area (Å²) in [6.45, 7) is 1.81. The molecule has 0 atom stereocenters. The van der Waals surface area contributed by atoms with Gasteiger partial charge in [0.25, 0.3) is 0 Å². The second-order valence-corrected chi connectivity index (χ2v) is 6.61. The molecule has 0 radical (unpaired) electrons. The zero-order chi connectivity index (χ0) is 8.93. The first-order valence-electron chi connectivity index (χ1n) is 3.24. The van der Waals surface area contributed by atoms with Crippen molar-refractivity contribution in [1.29, 1.82) is 0 Å². The van der Waals surface area contributed by atoms with Gasteiger partial charge in [-0.1, -0.05) is 0 Å². The maximum Gasteiger partial charge on any atom is 0.214 e. The van der Waals surface area contributed by atoms with Gasteiger partial charge in [-0.05, 0) is 39.9 Å². The Labute approximate surface area is 83.0 Å². The predicted molar refractivity (Wildman–Crippen MR) is 53.0 cm³/mol. The summed E-state index contributed by atoms with van der Waals surface area (Å²) >= 11 is 4.54. The molecule has 1 aromatic heterocycles. The molecule has 1 aromatic rings. The number of fused-ring (bicyclic) bond motifs is 1.